The zero-order valence-electron chi connectivity index (χ0n) is 8.00. The van der Waals surface area contributed by atoms with Crippen LogP contribution >= 0.6 is 0 Å². The Morgan fingerprint density at radius 2 is 1.73 bits per heavy atom. The summed E-state index contributed by atoms with van der Waals surface area (Å²) >= 11 is 0. The van der Waals surface area contributed by atoms with E-state index in [4.69, 9.17) is 5.14 Å². The van der Waals surface area contributed by atoms with Gasteiger partial charge in [0.15, 0.2) is 0 Å². The van der Waals surface area contributed by atoms with Gasteiger partial charge in [-0.05, 0) is 25.9 Å². The van der Waals surface area contributed by atoms with Gasteiger partial charge in [-0.3, -0.25) is 4.90 Å². The zero-order chi connectivity index (χ0) is 11.7. The lowest BCUT2D eigenvalue weighted by atomic mass is 10.1. The predicted octanol–water partition coefficient (Wildman–Crippen LogP) is 0.302. The zero-order valence-corrected chi connectivity index (χ0v) is 8.81. The van der Waals surface area contributed by atoms with Crippen molar-refractivity contribution >= 4 is 10.0 Å². The number of nitrogens with two attached hydrogens (primary N) is 1. The van der Waals surface area contributed by atoms with Gasteiger partial charge < -0.3 is 0 Å². The maximum absolute atomic E-state index is 12.0. The van der Waals surface area contributed by atoms with E-state index in [9.17, 15) is 21.6 Å². The summed E-state index contributed by atoms with van der Waals surface area (Å²) in [5, 5.41) is 4.22. The van der Waals surface area contributed by atoms with Crippen LogP contribution in [0.15, 0.2) is 0 Å². The molecule has 4 nitrogen and oxygen atoms in total. The number of alkyl halides is 3. The summed E-state index contributed by atoms with van der Waals surface area (Å²) in [7, 11) is -3.60. The number of halogens is 3. The minimum absolute atomic E-state index is 0.126. The van der Waals surface area contributed by atoms with Crippen LogP contribution in [-0.4, -0.2) is 44.4 Å². The van der Waals surface area contributed by atoms with Crippen molar-refractivity contribution in [2.24, 2.45) is 5.14 Å². The van der Waals surface area contributed by atoms with Crippen LogP contribution in [-0.2, 0) is 10.0 Å². The van der Waals surface area contributed by atoms with Crippen molar-refractivity contribution in [2.45, 2.75) is 24.3 Å². The first-order chi connectivity index (χ1) is 6.68. The van der Waals surface area contributed by atoms with Crippen LogP contribution < -0.4 is 5.14 Å². The number of primary sulfonamides is 1. The average molecular weight is 246 g/mol. The van der Waals surface area contributed by atoms with Crippen LogP contribution in [0.2, 0.25) is 0 Å². The van der Waals surface area contributed by atoms with E-state index in [0.29, 0.717) is 0 Å². The standard InChI is InChI=1S/C7H13F3N2O2S/c8-7(9,10)5-12-3-1-6(2-4-12)15(11,13)14/h6H,1-5H2,(H2,11,13,14). The molecule has 1 aliphatic heterocycles. The fraction of sp³-hybridized carbons (Fsp3) is 1.00. The van der Waals surface area contributed by atoms with E-state index in [2.05, 4.69) is 0 Å². The van der Waals surface area contributed by atoms with Crippen molar-refractivity contribution in [2.75, 3.05) is 19.6 Å². The van der Waals surface area contributed by atoms with Gasteiger partial charge in [0.25, 0.3) is 0 Å². The SMILES string of the molecule is NS(=O)(=O)C1CCN(CC(F)(F)F)CC1. The Kier molecular flexibility index (Phi) is 3.62. The van der Waals surface area contributed by atoms with Gasteiger partial charge in [0.05, 0.1) is 11.8 Å². The summed E-state index contributed by atoms with van der Waals surface area (Å²) < 4.78 is 57.8. The monoisotopic (exact) mass is 246 g/mol. The van der Waals surface area contributed by atoms with E-state index in [0.717, 1.165) is 0 Å². The molecular formula is C7H13F3N2O2S. The highest BCUT2D eigenvalue weighted by Crippen LogP contribution is 2.21. The van der Waals surface area contributed by atoms with E-state index in [-0.39, 0.29) is 25.9 Å². The molecule has 1 heterocycles. The summed E-state index contributed by atoms with van der Waals surface area (Å²) in [4.78, 5) is 1.20. The molecule has 8 heteroatoms. The highest BCUT2D eigenvalue weighted by atomic mass is 32.2. The van der Waals surface area contributed by atoms with Crippen LogP contribution in [0, 0.1) is 0 Å². The van der Waals surface area contributed by atoms with Gasteiger partial charge in [-0.25, -0.2) is 13.6 Å². The van der Waals surface area contributed by atoms with Gasteiger partial charge >= 0.3 is 6.18 Å². The second-order valence-electron chi connectivity index (χ2n) is 3.68. The maximum Gasteiger partial charge on any atom is 0.401 e. The second kappa shape index (κ2) is 4.26. The van der Waals surface area contributed by atoms with Gasteiger partial charge in [0.2, 0.25) is 10.0 Å². The van der Waals surface area contributed by atoms with Crippen molar-refractivity contribution < 1.29 is 21.6 Å². The van der Waals surface area contributed by atoms with Crippen molar-refractivity contribution in [3.05, 3.63) is 0 Å². The number of hydrogen-bond acceptors (Lipinski definition) is 3. The first-order valence-electron chi connectivity index (χ1n) is 4.49. The topological polar surface area (TPSA) is 63.4 Å². The Labute approximate surface area is 86.3 Å². The third-order valence-corrected chi connectivity index (χ3v) is 3.80. The molecule has 0 aromatic carbocycles. The van der Waals surface area contributed by atoms with Gasteiger partial charge in [-0.15, -0.1) is 0 Å². The minimum atomic E-state index is -4.23. The molecule has 0 aromatic rings. The molecule has 0 unspecified atom stereocenters. The Morgan fingerprint density at radius 3 is 2.07 bits per heavy atom. The molecule has 2 N–H and O–H groups in total. The molecule has 15 heavy (non-hydrogen) atoms. The highest BCUT2D eigenvalue weighted by Gasteiger charge is 2.34. The summed E-state index contributed by atoms with van der Waals surface area (Å²) in [5.74, 6) is 0. The second-order valence-corrected chi connectivity index (χ2v) is 5.52. The lowest BCUT2D eigenvalue weighted by Gasteiger charge is -2.31. The lowest BCUT2D eigenvalue weighted by molar-refractivity contribution is -0.147. The van der Waals surface area contributed by atoms with Gasteiger partial charge in [-0.1, -0.05) is 0 Å². The molecule has 90 valence electrons. The quantitative estimate of drug-likeness (QED) is 0.762. The number of sulfonamides is 1. The molecule has 0 radical (unpaired) electrons. The predicted molar refractivity (Wildman–Crippen MR) is 48.6 cm³/mol. The average Bonchev–Trinajstić information content (AvgIpc) is 2.00. The van der Waals surface area contributed by atoms with Crippen LogP contribution in [0.3, 0.4) is 0 Å². The number of hydrogen-bond donors (Lipinski definition) is 1. The van der Waals surface area contributed by atoms with E-state index in [1.807, 2.05) is 0 Å². The minimum Gasteiger partial charge on any atom is -0.295 e. The molecule has 0 aromatic heterocycles. The number of nitrogens with zero attached hydrogens (tertiary/aromatic N) is 1. The van der Waals surface area contributed by atoms with E-state index < -0.39 is 28.0 Å². The van der Waals surface area contributed by atoms with Crippen molar-refractivity contribution in [3.63, 3.8) is 0 Å². The van der Waals surface area contributed by atoms with E-state index in [1.165, 1.54) is 4.90 Å². The summed E-state index contributed by atoms with van der Waals surface area (Å²) in [5.41, 5.74) is 0. The summed E-state index contributed by atoms with van der Waals surface area (Å²) in [6, 6.07) is 0. The maximum atomic E-state index is 12.0. The first-order valence-corrected chi connectivity index (χ1v) is 6.10. The van der Waals surface area contributed by atoms with Crippen LogP contribution in [0.25, 0.3) is 0 Å². The van der Waals surface area contributed by atoms with Gasteiger partial charge in [-0.2, -0.15) is 13.2 Å². The lowest BCUT2D eigenvalue weighted by Crippen LogP contribution is -2.44. The highest BCUT2D eigenvalue weighted by molar-refractivity contribution is 7.89. The molecule has 0 amide bonds. The molecule has 0 spiro atoms. The Balaban J connectivity index is 2.43. The first kappa shape index (κ1) is 12.7. The fourth-order valence-corrected chi connectivity index (χ4v) is 2.52. The molecule has 0 aliphatic carbocycles. The van der Waals surface area contributed by atoms with Crippen molar-refractivity contribution in [1.82, 2.24) is 4.90 Å². The largest absolute Gasteiger partial charge is 0.401 e. The molecule has 0 bridgehead atoms. The van der Waals surface area contributed by atoms with Crippen molar-refractivity contribution in [3.8, 4) is 0 Å². The molecule has 0 saturated carbocycles. The molecule has 1 saturated heterocycles. The number of likely N-dealkylation sites (tertiary alicyclic amines) is 1. The normalized spacial score (nSPS) is 21.9. The smallest absolute Gasteiger partial charge is 0.295 e. The van der Waals surface area contributed by atoms with E-state index in [1.54, 1.807) is 0 Å². The molecule has 0 atom stereocenters. The molecular weight excluding hydrogens is 233 g/mol. The molecule has 1 rings (SSSR count). The summed E-state index contributed by atoms with van der Waals surface area (Å²) in [6.45, 7) is -0.731. The Bertz CT molecular complexity index is 307. The third kappa shape index (κ3) is 4.35. The van der Waals surface area contributed by atoms with Gasteiger partial charge in [0.1, 0.15) is 0 Å². The molecule has 1 fully saturated rings. The third-order valence-electron chi connectivity index (χ3n) is 2.40. The van der Waals surface area contributed by atoms with Crippen molar-refractivity contribution in [1.29, 1.82) is 0 Å². The van der Waals surface area contributed by atoms with Crippen LogP contribution in [0.4, 0.5) is 13.2 Å². The van der Waals surface area contributed by atoms with Crippen LogP contribution in [0.5, 0.6) is 0 Å². The van der Waals surface area contributed by atoms with Crippen LogP contribution in [0.1, 0.15) is 12.8 Å². The number of rotatable bonds is 2. The van der Waals surface area contributed by atoms with Gasteiger partial charge in [0, 0.05) is 0 Å². The Morgan fingerprint density at radius 1 is 1.27 bits per heavy atom. The fourth-order valence-electron chi connectivity index (χ4n) is 1.65. The summed E-state index contributed by atoms with van der Waals surface area (Å²) in [6.07, 6.45) is -3.88. The molecule has 1 aliphatic rings. The van der Waals surface area contributed by atoms with E-state index >= 15 is 0 Å². The Hall–Kier alpha value is -0.340. The number of piperidine rings is 1.